The summed E-state index contributed by atoms with van der Waals surface area (Å²) in [5.74, 6) is 0.976. The van der Waals surface area contributed by atoms with Gasteiger partial charge in [-0.15, -0.1) is 18.2 Å². The number of hydrogen-bond acceptors (Lipinski definition) is 5. The van der Waals surface area contributed by atoms with Crippen LogP contribution in [0.3, 0.4) is 0 Å². The second-order valence-electron chi connectivity index (χ2n) is 8.07. The number of amides is 2. The van der Waals surface area contributed by atoms with E-state index < -0.39 is 22.5 Å². The Morgan fingerprint density at radius 3 is 2.70 bits per heavy atom. The minimum Gasteiger partial charge on any atom is -0.479 e. The predicted molar refractivity (Wildman–Crippen MR) is 116 cm³/mol. The molecule has 0 bridgehead atoms. The molecule has 5 nitrogen and oxygen atoms in total. The van der Waals surface area contributed by atoms with Crippen LogP contribution in [-0.4, -0.2) is 34.6 Å². The summed E-state index contributed by atoms with van der Waals surface area (Å²) in [5, 5.41) is 2.86. The first-order valence-corrected chi connectivity index (χ1v) is 11.6. The van der Waals surface area contributed by atoms with Crippen LogP contribution in [0.15, 0.2) is 12.1 Å². The number of carbonyl (C=O) groups is 2. The number of ether oxygens (including phenoxy) is 1. The molecule has 2 saturated heterocycles. The minimum atomic E-state index is -1.00. The third kappa shape index (κ3) is 3.39. The van der Waals surface area contributed by atoms with Crippen LogP contribution in [0, 0.1) is 24.1 Å². The van der Waals surface area contributed by atoms with Crippen molar-refractivity contribution in [3.8, 4) is 18.1 Å². The number of thioether (sulfide) groups is 1. The quantitative estimate of drug-likeness (QED) is 0.424. The van der Waals surface area contributed by atoms with Gasteiger partial charge in [0, 0.05) is 6.07 Å². The summed E-state index contributed by atoms with van der Waals surface area (Å²) >= 11 is 7.50. The van der Waals surface area contributed by atoms with Crippen molar-refractivity contribution in [1.82, 2.24) is 5.32 Å². The monoisotopic (exact) mass is 450 g/mol. The largest absolute Gasteiger partial charge is 0.479 e. The summed E-state index contributed by atoms with van der Waals surface area (Å²) in [4.78, 5) is 28.2. The summed E-state index contributed by atoms with van der Waals surface area (Å²) < 4.78 is 20.3. The van der Waals surface area contributed by atoms with E-state index in [0.717, 1.165) is 49.5 Å². The second kappa shape index (κ2) is 8.41. The molecule has 4 rings (SSSR count). The second-order valence-corrected chi connectivity index (χ2v) is 9.92. The Bertz CT molecular complexity index is 912. The molecular formula is C22H24ClFN2O3S. The molecule has 1 aromatic rings. The number of terminal acetylenes is 1. The topological polar surface area (TPSA) is 58.6 Å². The SMILES string of the molecule is C#CCOc1cc(N2C(=O)C3SC(C)NC3(C3CCCCCC3)C2=O)c(F)cc1Cl. The molecule has 160 valence electrons. The summed E-state index contributed by atoms with van der Waals surface area (Å²) in [5.41, 5.74) is -1.14. The van der Waals surface area contributed by atoms with E-state index in [9.17, 15) is 14.0 Å². The highest BCUT2D eigenvalue weighted by molar-refractivity contribution is 8.01. The van der Waals surface area contributed by atoms with E-state index in [1.807, 2.05) is 6.92 Å². The molecule has 8 heteroatoms. The standard InChI is InChI=1S/C22H24ClFN2O3S/c1-3-10-29-18-12-17(16(24)11-15(18)23)26-20(27)19-22(21(26)28,25-13(2)30-19)14-8-6-4-5-7-9-14/h1,11-14,19,25H,4-10H2,2H3. The molecule has 1 saturated carbocycles. The van der Waals surface area contributed by atoms with Crippen molar-refractivity contribution in [1.29, 1.82) is 0 Å². The van der Waals surface area contributed by atoms with Crippen LogP contribution in [0.5, 0.6) is 5.75 Å². The fraction of sp³-hybridized carbons (Fsp3) is 0.545. The predicted octanol–water partition coefficient (Wildman–Crippen LogP) is 4.12. The number of halogens is 2. The number of rotatable bonds is 4. The zero-order valence-corrected chi connectivity index (χ0v) is 18.3. The normalized spacial score (nSPS) is 29.6. The molecule has 1 aliphatic carbocycles. The van der Waals surface area contributed by atoms with Gasteiger partial charge in [-0.1, -0.05) is 43.2 Å². The maximum absolute atomic E-state index is 14.9. The lowest BCUT2D eigenvalue weighted by atomic mass is 9.77. The molecule has 1 aromatic carbocycles. The van der Waals surface area contributed by atoms with Crippen molar-refractivity contribution in [3.63, 3.8) is 0 Å². The molecule has 0 radical (unpaired) electrons. The van der Waals surface area contributed by atoms with E-state index in [2.05, 4.69) is 11.2 Å². The number of fused-ring (bicyclic) bond motifs is 1. The Morgan fingerprint density at radius 1 is 1.33 bits per heavy atom. The Labute approximate surface area is 185 Å². The number of nitrogens with one attached hydrogen (secondary N) is 1. The van der Waals surface area contributed by atoms with Gasteiger partial charge >= 0.3 is 0 Å². The zero-order chi connectivity index (χ0) is 21.5. The summed E-state index contributed by atoms with van der Waals surface area (Å²) in [6, 6.07) is 2.35. The van der Waals surface area contributed by atoms with Crippen LogP contribution >= 0.6 is 23.4 Å². The van der Waals surface area contributed by atoms with Crippen LogP contribution in [0.4, 0.5) is 10.1 Å². The number of carbonyl (C=O) groups excluding carboxylic acids is 2. The smallest absolute Gasteiger partial charge is 0.256 e. The fourth-order valence-corrected chi connectivity index (χ4v) is 6.65. The Morgan fingerprint density at radius 2 is 2.03 bits per heavy atom. The molecule has 0 aromatic heterocycles. The van der Waals surface area contributed by atoms with E-state index in [1.165, 1.54) is 17.8 Å². The van der Waals surface area contributed by atoms with Crippen LogP contribution in [-0.2, 0) is 9.59 Å². The number of hydrogen-bond donors (Lipinski definition) is 1. The van der Waals surface area contributed by atoms with E-state index in [0.29, 0.717) is 0 Å². The van der Waals surface area contributed by atoms with Crippen LogP contribution in [0.25, 0.3) is 0 Å². The summed E-state index contributed by atoms with van der Waals surface area (Å²) in [6.07, 6.45) is 11.3. The average molecular weight is 451 g/mol. The maximum atomic E-state index is 14.9. The number of nitrogens with zero attached hydrogens (tertiary/aromatic N) is 1. The van der Waals surface area contributed by atoms with Crippen molar-refractivity contribution < 1.29 is 18.7 Å². The summed E-state index contributed by atoms with van der Waals surface area (Å²) in [6.45, 7) is 1.90. The van der Waals surface area contributed by atoms with E-state index in [4.69, 9.17) is 22.8 Å². The third-order valence-electron chi connectivity index (χ3n) is 6.25. The van der Waals surface area contributed by atoms with Gasteiger partial charge in [-0.3, -0.25) is 14.9 Å². The fourth-order valence-electron chi connectivity index (χ4n) is 4.98. The zero-order valence-electron chi connectivity index (χ0n) is 16.7. The lowest BCUT2D eigenvalue weighted by molar-refractivity contribution is -0.125. The molecule has 3 unspecified atom stereocenters. The third-order valence-corrected chi connectivity index (χ3v) is 7.92. The van der Waals surface area contributed by atoms with E-state index >= 15 is 0 Å². The van der Waals surface area contributed by atoms with Crippen molar-refractivity contribution in [2.45, 2.75) is 61.6 Å². The first-order chi connectivity index (χ1) is 14.4. The Hall–Kier alpha value is -1.75. The van der Waals surface area contributed by atoms with Crippen molar-refractivity contribution in [2.75, 3.05) is 11.5 Å². The number of anilines is 1. The first-order valence-electron chi connectivity index (χ1n) is 10.3. The molecule has 30 heavy (non-hydrogen) atoms. The Kier molecular flexibility index (Phi) is 6.02. The maximum Gasteiger partial charge on any atom is 0.256 e. The number of benzene rings is 1. The van der Waals surface area contributed by atoms with Crippen molar-refractivity contribution >= 4 is 40.9 Å². The lowest BCUT2D eigenvalue weighted by Gasteiger charge is -2.35. The van der Waals surface area contributed by atoms with Crippen molar-refractivity contribution in [3.05, 3.63) is 23.0 Å². The van der Waals surface area contributed by atoms with Crippen molar-refractivity contribution in [2.24, 2.45) is 5.92 Å². The van der Waals surface area contributed by atoms with Gasteiger partial charge in [-0.05, 0) is 31.7 Å². The van der Waals surface area contributed by atoms with Gasteiger partial charge in [-0.25, -0.2) is 9.29 Å². The molecular weight excluding hydrogens is 427 g/mol. The highest BCUT2D eigenvalue weighted by atomic mass is 35.5. The molecule has 0 spiro atoms. The average Bonchev–Trinajstić information content (AvgIpc) is 2.99. The summed E-state index contributed by atoms with van der Waals surface area (Å²) in [7, 11) is 0. The van der Waals surface area contributed by atoms with Gasteiger partial charge in [0.25, 0.3) is 5.91 Å². The molecule has 2 amide bonds. The van der Waals surface area contributed by atoms with Gasteiger partial charge in [0.2, 0.25) is 5.91 Å². The first kappa shape index (κ1) is 21.5. The highest BCUT2D eigenvalue weighted by Gasteiger charge is 2.67. The molecule has 2 heterocycles. The molecule has 3 aliphatic rings. The lowest BCUT2D eigenvalue weighted by Crippen LogP contribution is -2.59. The Balaban J connectivity index is 1.76. The van der Waals surface area contributed by atoms with Gasteiger partial charge in [-0.2, -0.15) is 0 Å². The van der Waals surface area contributed by atoms with Gasteiger partial charge in [0.1, 0.15) is 29.0 Å². The number of imide groups is 1. The van der Waals surface area contributed by atoms with Crippen LogP contribution < -0.4 is 15.0 Å². The molecule has 2 aliphatic heterocycles. The van der Waals surface area contributed by atoms with Crippen LogP contribution in [0.1, 0.15) is 45.4 Å². The van der Waals surface area contributed by atoms with Gasteiger partial charge in [0.05, 0.1) is 16.1 Å². The molecule has 3 atom stereocenters. The van der Waals surface area contributed by atoms with Gasteiger partial charge < -0.3 is 4.74 Å². The molecule has 3 fully saturated rings. The van der Waals surface area contributed by atoms with Gasteiger partial charge in [0.15, 0.2) is 0 Å². The van der Waals surface area contributed by atoms with Crippen LogP contribution in [0.2, 0.25) is 5.02 Å². The van der Waals surface area contributed by atoms with E-state index in [-0.39, 0.29) is 40.3 Å². The minimum absolute atomic E-state index is 0.0297. The van der Waals surface area contributed by atoms with E-state index in [1.54, 1.807) is 0 Å². The molecule has 1 N–H and O–H groups in total. The highest BCUT2D eigenvalue weighted by Crippen LogP contribution is 2.51.